The van der Waals surface area contributed by atoms with Crippen LogP contribution in [0.1, 0.15) is 27.7 Å². The molecule has 3 rings (SSSR count). The quantitative estimate of drug-likeness (QED) is 0.590. The number of rotatable bonds is 4. The van der Waals surface area contributed by atoms with E-state index in [-0.39, 0.29) is 11.3 Å². The molecule has 0 spiro atoms. The number of fused-ring (bicyclic) bond motifs is 1. The average Bonchev–Trinajstić information content (AvgIpc) is 2.99. The number of hydrogen-bond donors (Lipinski definition) is 0. The number of hydrogen-bond acceptors (Lipinski definition) is 4. The molecule has 0 saturated heterocycles. The van der Waals surface area contributed by atoms with E-state index in [0.29, 0.717) is 21.6 Å². The van der Waals surface area contributed by atoms with Gasteiger partial charge in [0, 0.05) is 28.6 Å². The number of nitrogens with zero attached hydrogens (tertiary/aromatic N) is 1. The van der Waals surface area contributed by atoms with Gasteiger partial charge in [0.15, 0.2) is 11.8 Å². The minimum atomic E-state index is -1.50. The maximum atomic E-state index is 14.3. The van der Waals surface area contributed by atoms with Crippen molar-refractivity contribution >= 4 is 34.4 Å². The van der Waals surface area contributed by atoms with Crippen molar-refractivity contribution in [1.29, 1.82) is 0 Å². The van der Waals surface area contributed by atoms with E-state index >= 15 is 0 Å². The summed E-state index contributed by atoms with van der Waals surface area (Å²) >= 11 is 5.99. The molecule has 3 aromatic rings. The van der Waals surface area contributed by atoms with Gasteiger partial charge in [-0.15, -0.1) is 0 Å². The molecule has 1 aromatic heterocycles. The third kappa shape index (κ3) is 3.45. The molecule has 0 saturated carbocycles. The van der Waals surface area contributed by atoms with Crippen molar-refractivity contribution < 1.29 is 27.5 Å². The first-order valence-corrected chi connectivity index (χ1v) is 8.61. The Hall–Kier alpha value is -2.93. The second-order valence-electron chi connectivity index (χ2n) is 6.20. The Labute approximate surface area is 164 Å². The lowest BCUT2D eigenvalue weighted by Gasteiger charge is -2.26. The van der Waals surface area contributed by atoms with Crippen LogP contribution < -0.4 is 0 Å². The summed E-state index contributed by atoms with van der Waals surface area (Å²) in [4.78, 5) is 26.3. The van der Waals surface area contributed by atoms with E-state index in [0.717, 1.165) is 30.2 Å². The molecule has 0 aliphatic rings. The number of methoxy groups -OCH3 is 1. The van der Waals surface area contributed by atoms with Crippen LogP contribution in [-0.4, -0.2) is 30.9 Å². The Morgan fingerprint density at radius 1 is 1.18 bits per heavy atom. The topological polar surface area (TPSA) is 59.8 Å². The van der Waals surface area contributed by atoms with Crippen LogP contribution >= 0.6 is 11.6 Å². The van der Waals surface area contributed by atoms with Gasteiger partial charge in [-0.3, -0.25) is 4.79 Å². The normalized spacial score (nSPS) is 12.1. The van der Waals surface area contributed by atoms with Gasteiger partial charge in [0.2, 0.25) is 0 Å². The highest BCUT2D eigenvalue weighted by molar-refractivity contribution is 6.31. The lowest BCUT2D eigenvalue weighted by atomic mass is 10.0. The zero-order chi connectivity index (χ0) is 20.6. The molecule has 0 unspecified atom stereocenters. The number of aryl methyl sites for hydroxylation is 1. The number of carbonyl (C=O) groups excluding carboxylic acids is 2. The number of furan rings is 1. The third-order valence-corrected chi connectivity index (χ3v) is 4.71. The standard InChI is InChI=1S/C20H16ClF2NO4/c1-10-13-8-11(21)4-7-16(13)28-18(10)19(25)24(2)17(20(26)27-3)14-9-12(22)5-6-15(14)23/h4-9,17H,1-3H3/t17-/m1/s1. The second kappa shape index (κ2) is 7.59. The molecule has 0 aliphatic heterocycles. The predicted molar refractivity (Wildman–Crippen MR) is 99.2 cm³/mol. The molecule has 0 fully saturated rings. The van der Waals surface area contributed by atoms with Gasteiger partial charge in [0.25, 0.3) is 5.91 Å². The van der Waals surface area contributed by atoms with Crippen LogP contribution in [0, 0.1) is 18.6 Å². The van der Waals surface area contributed by atoms with Gasteiger partial charge in [-0.05, 0) is 43.3 Å². The Kier molecular flexibility index (Phi) is 5.38. The van der Waals surface area contributed by atoms with Crippen LogP contribution in [0.15, 0.2) is 40.8 Å². The molecule has 1 amide bonds. The van der Waals surface area contributed by atoms with Crippen LogP contribution in [0.5, 0.6) is 0 Å². The van der Waals surface area contributed by atoms with Crippen LogP contribution in [0.2, 0.25) is 5.02 Å². The van der Waals surface area contributed by atoms with Crippen LogP contribution in [0.25, 0.3) is 11.0 Å². The molecule has 1 atom stereocenters. The first kappa shape index (κ1) is 19.8. The second-order valence-corrected chi connectivity index (χ2v) is 6.64. The number of benzene rings is 2. The van der Waals surface area contributed by atoms with Gasteiger partial charge in [0.05, 0.1) is 7.11 Å². The fraction of sp³-hybridized carbons (Fsp3) is 0.200. The summed E-state index contributed by atoms with van der Waals surface area (Å²) < 4.78 is 38.3. The van der Waals surface area contributed by atoms with E-state index in [2.05, 4.69) is 0 Å². The monoisotopic (exact) mass is 407 g/mol. The van der Waals surface area contributed by atoms with E-state index < -0.39 is 29.6 Å². The van der Waals surface area contributed by atoms with Gasteiger partial charge >= 0.3 is 5.97 Å². The summed E-state index contributed by atoms with van der Waals surface area (Å²) in [5.74, 6) is -3.24. The summed E-state index contributed by atoms with van der Waals surface area (Å²) in [5.41, 5.74) is 0.627. The van der Waals surface area contributed by atoms with Gasteiger partial charge in [0.1, 0.15) is 17.2 Å². The summed E-state index contributed by atoms with van der Waals surface area (Å²) in [7, 11) is 2.38. The molecular weight excluding hydrogens is 392 g/mol. The Morgan fingerprint density at radius 3 is 2.57 bits per heavy atom. The zero-order valence-corrected chi connectivity index (χ0v) is 16.0. The lowest BCUT2D eigenvalue weighted by Crippen LogP contribution is -2.37. The number of ether oxygens (including phenoxy) is 1. The molecule has 0 aliphatic carbocycles. The van der Waals surface area contributed by atoms with Crippen molar-refractivity contribution in [3.8, 4) is 0 Å². The van der Waals surface area contributed by atoms with Crippen molar-refractivity contribution in [2.45, 2.75) is 13.0 Å². The Bertz CT molecular complexity index is 1080. The number of amides is 1. The minimum absolute atomic E-state index is 0.0366. The highest BCUT2D eigenvalue weighted by Gasteiger charge is 2.34. The maximum Gasteiger partial charge on any atom is 0.333 e. The van der Waals surface area contributed by atoms with Crippen molar-refractivity contribution in [2.24, 2.45) is 0 Å². The van der Waals surface area contributed by atoms with Crippen LogP contribution in [-0.2, 0) is 9.53 Å². The van der Waals surface area contributed by atoms with E-state index in [9.17, 15) is 18.4 Å². The zero-order valence-electron chi connectivity index (χ0n) is 15.3. The molecule has 5 nitrogen and oxygen atoms in total. The third-order valence-electron chi connectivity index (χ3n) is 4.48. The summed E-state index contributed by atoms with van der Waals surface area (Å²) in [6.07, 6.45) is 0. The van der Waals surface area contributed by atoms with Gasteiger partial charge in [-0.1, -0.05) is 11.6 Å². The van der Waals surface area contributed by atoms with E-state index in [1.807, 2.05) is 0 Å². The van der Waals surface area contributed by atoms with Gasteiger partial charge in [-0.2, -0.15) is 0 Å². The highest BCUT2D eigenvalue weighted by atomic mass is 35.5. The largest absolute Gasteiger partial charge is 0.467 e. The smallest absolute Gasteiger partial charge is 0.333 e. The fourth-order valence-electron chi connectivity index (χ4n) is 3.00. The Balaban J connectivity index is 2.07. The molecule has 0 bridgehead atoms. The van der Waals surface area contributed by atoms with Gasteiger partial charge < -0.3 is 14.1 Å². The van der Waals surface area contributed by atoms with E-state index in [1.165, 1.54) is 7.05 Å². The first-order chi connectivity index (χ1) is 13.2. The summed E-state index contributed by atoms with van der Waals surface area (Å²) in [6.45, 7) is 1.67. The minimum Gasteiger partial charge on any atom is -0.467 e. The van der Waals surface area contributed by atoms with Crippen molar-refractivity contribution in [3.63, 3.8) is 0 Å². The van der Waals surface area contributed by atoms with E-state index in [1.54, 1.807) is 25.1 Å². The van der Waals surface area contributed by atoms with Crippen molar-refractivity contribution in [1.82, 2.24) is 4.90 Å². The molecule has 146 valence electrons. The number of carbonyl (C=O) groups is 2. The number of halogens is 3. The molecule has 0 radical (unpaired) electrons. The Morgan fingerprint density at radius 2 is 1.89 bits per heavy atom. The number of esters is 1. The molecule has 2 aromatic carbocycles. The van der Waals surface area contributed by atoms with Crippen LogP contribution in [0.3, 0.4) is 0 Å². The first-order valence-electron chi connectivity index (χ1n) is 8.23. The maximum absolute atomic E-state index is 14.3. The van der Waals surface area contributed by atoms with Crippen molar-refractivity contribution in [2.75, 3.05) is 14.2 Å². The van der Waals surface area contributed by atoms with Crippen molar-refractivity contribution in [3.05, 3.63) is 69.9 Å². The average molecular weight is 408 g/mol. The summed E-state index contributed by atoms with van der Waals surface area (Å²) in [5, 5.41) is 1.11. The molecule has 0 N–H and O–H groups in total. The lowest BCUT2D eigenvalue weighted by molar-refractivity contribution is -0.146. The van der Waals surface area contributed by atoms with Gasteiger partial charge in [-0.25, -0.2) is 13.6 Å². The molecule has 1 heterocycles. The van der Waals surface area contributed by atoms with Crippen LogP contribution in [0.4, 0.5) is 8.78 Å². The SMILES string of the molecule is COC(=O)[C@@H](c1cc(F)ccc1F)N(C)C(=O)c1oc2ccc(Cl)cc2c1C. The number of likely N-dealkylation sites (N-methyl/N-ethyl adjacent to an activating group) is 1. The highest BCUT2D eigenvalue weighted by Crippen LogP contribution is 2.31. The molecule has 8 heteroatoms. The molecular formula is C20H16ClF2NO4. The summed E-state index contributed by atoms with van der Waals surface area (Å²) in [6, 6.07) is 6.04. The predicted octanol–water partition coefficient (Wildman–Crippen LogP) is 4.66. The fourth-order valence-corrected chi connectivity index (χ4v) is 3.18. The van der Waals surface area contributed by atoms with E-state index in [4.69, 9.17) is 20.8 Å². The molecule has 28 heavy (non-hydrogen) atoms.